The molecule has 128 heavy (non-hydrogen) atoms. The number of rotatable bonds is 52. The van der Waals surface area contributed by atoms with Gasteiger partial charge in [0.05, 0.1) is 25.2 Å². The molecule has 40 heteroatoms. The summed E-state index contributed by atoms with van der Waals surface area (Å²) in [5.41, 5.74) is 25.4. The van der Waals surface area contributed by atoms with Crippen molar-refractivity contribution in [1.82, 2.24) is 85.1 Å². The Labute approximate surface area is 745 Å². The molecule has 0 aliphatic carbocycles. The van der Waals surface area contributed by atoms with Crippen molar-refractivity contribution in [2.45, 2.75) is 254 Å². The number of carbonyl (C=O) groups excluding carboxylic acids is 16. The van der Waals surface area contributed by atoms with E-state index >= 15 is 0 Å². The largest absolute Gasteiger partial charge is 0.508 e. The minimum atomic E-state index is -1.30. The maximum absolute atomic E-state index is 14.1. The summed E-state index contributed by atoms with van der Waals surface area (Å²) in [6, 6.07) is 9.73. The Morgan fingerprint density at radius 3 is 0.883 bits per heavy atom. The van der Waals surface area contributed by atoms with Crippen molar-refractivity contribution in [2.24, 2.45) is 22.9 Å². The maximum atomic E-state index is 14.1. The molecule has 12 atom stereocenters. The van der Waals surface area contributed by atoms with E-state index in [2.05, 4.69) is 85.1 Å². The molecule has 0 unspecified atom stereocenters. The second kappa shape index (κ2) is 57.9. The van der Waals surface area contributed by atoms with Gasteiger partial charge in [-0.15, -0.1) is 0 Å². The zero-order valence-electron chi connectivity index (χ0n) is 73.4. The molecule has 0 saturated carbocycles. The second-order valence-corrected chi connectivity index (χ2v) is 32.0. The van der Waals surface area contributed by atoms with Crippen LogP contribution in [-0.4, -0.2) is 240 Å². The molecule has 1 fully saturated rings. The third-order valence-corrected chi connectivity index (χ3v) is 21.0. The predicted octanol–water partition coefficient (Wildman–Crippen LogP) is -2.21. The van der Waals surface area contributed by atoms with Crippen molar-refractivity contribution in [1.29, 1.82) is 0 Å². The van der Waals surface area contributed by atoms with Gasteiger partial charge in [0.1, 0.15) is 83.4 Å². The van der Waals surface area contributed by atoms with E-state index < -0.39 is 168 Å². The predicted molar refractivity (Wildman–Crippen MR) is 474 cm³/mol. The molecule has 4 aromatic rings. The zero-order valence-corrected chi connectivity index (χ0v) is 73.4. The molecule has 0 bridgehead atoms. The number of phenolic OH excluding ortho intramolecular Hbond substituents is 4. The Hall–Kier alpha value is -12.6. The van der Waals surface area contributed by atoms with E-state index in [9.17, 15) is 97.1 Å². The molecule has 4 aromatic carbocycles. The number of unbranched alkanes of at least 4 members (excludes halogenated alkanes) is 8. The van der Waals surface area contributed by atoms with E-state index in [1.54, 1.807) is 48.5 Å². The van der Waals surface area contributed by atoms with Gasteiger partial charge in [0.15, 0.2) is 0 Å². The first-order valence-electron chi connectivity index (χ1n) is 43.8. The quantitative estimate of drug-likeness (QED) is 0.0208. The van der Waals surface area contributed by atoms with E-state index in [1.807, 2.05) is 0 Å². The van der Waals surface area contributed by atoms with Crippen molar-refractivity contribution < 1.29 is 97.1 Å². The number of carbonyl (C=O) groups is 16. The molecule has 0 spiro atoms. The number of hydrogen-bond acceptors (Lipinski definition) is 24. The fourth-order valence-corrected chi connectivity index (χ4v) is 13.3. The van der Waals surface area contributed by atoms with Crippen LogP contribution in [0.15, 0.2) is 97.1 Å². The van der Waals surface area contributed by atoms with Gasteiger partial charge in [0, 0.05) is 64.7 Å². The van der Waals surface area contributed by atoms with Crippen LogP contribution in [-0.2, 0) is 102 Å². The highest BCUT2D eigenvalue weighted by Crippen LogP contribution is 2.19. The van der Waals surface area contributed by atoms with E-state index in [-0.39, 0.29) is 125 Å². The SMILES string of the molecule is C[C@@H]1NC(=O)[C@@H](C)NC(=O)[C@H](CCCCNC(=O)CCCCCNC(=O)[C@H](Cc2ccc(O)cc2)NC(=O)[C@H](Cc2ccc(O)cc2)NC(=O)CNC(=O)[C@@H](N)CCCCN)NC(=O)[C@@H](C)NC(=O)[C@H](CCCCNC(=O)CCCCCNC(=O)[C@H](Cc2ccc(O)cc2)NC(=O)[C@H](Cc2ccc(O)cc2)NC(=O)CNC(=O)[C@@H](N)CCCCN)NC(=O)[C@@H](C)NC1=O. The van der Waals surface area contributed by atoms with Crippen molar-refractivity contribution in [2.75, 3.05) is 52.4 Å². The molecule has 5 rings (SSSR count). The van der Waals surface area contributed by atoms with Crippen LogP contribution < -0.4 is 108 Å². The number of hydrogen-bond donors (Lipinski definition) is 24. The van der Waals surface area contributed by atoms with Crippen LogP contribution in [0.3, 0.4) is 0 Å². The molecule has 40 nitrogen and oxygen atoms in total. The lowest BCUT2D eigenvalue weighted by Gasteiger charge is -2.26. The molecule has 704 valence electrons. The molecule has 1 heterocycles. The molecule has 1 aliphatic heterocycles. The first-order chi connectivity index (χ1) is 61.1. The number of aromatic hydroxyl groups is 4. The number of benzene rings is 4. The topological polar surface area (TPSA) is 651 Å². The molecular formula is C88H132N20O20. The minimum absolute atomic E-state index is 0.00187. The van der Waals surface area contributed by atoms with Crippen LogP contribution >= 0.6 is 0 Å². The van der Waals surface area contributed by atoms with Crippen molar-refractivity contribution in [3.05, 3.63) is 119 Å². The summed E-state index contributed by atoms with van der Waals surface area (Å²) in [7, 11) is 0. The van der Waals surface area contributed by atoms with Gasteiger partial charge in [-0.05, 0) is 201 Å². The van der Waals surface area contributed by atoms with Crippen LogP contribution in [0.5, 0.6) is 23.0 Å². The van der Waals surface area contributed by atoms with Gasteiger partial charge in [0.25, 0.3) is 0 Å². The summed E-state index contributed by atoms with van der Waals surface area (Å²) < 4.78 is 0. The van der Waals surface area contributed by atoms with Gasteiger partial charge in [-0.25, -0.2) is 0 Å². The molecule has 0 aromatic heterocycles. The average molecular weight is 1790 g/mol. The molecule has 0 radical (unpaired) electrons. The highest BCUT2D eigenvalue weighted by atomic mass is 16.3. The smallest absolute Gasteiger partial charge is 0.243 e. The van der Waals surface area contributed by atoms with E-state index in [1.165, 1.54) is 76.2 Å². The van der Waals surface area contributed by atoms with Crippen LogP contribution in [0.1, 0.15) is 178 Å². The lowest BCUT2D eigenvalue weighted by molar-refractivity contribution is -0.136. The first kappa shape index (κ1) is 106. The van der Waals surface area contributed by atoms with Gasteiger partial charge in [-0.3, -0.25) is 76.7 Å². The minimum Gasteiger partial charge on any atom is -0.508 e. The van der Waals surface area contributed by atoms with Crippen LogP contribution in [0.4, 0.5) is 0 Å². The van der Waals surface area contributed by atoms with E-state index in [4.69, 9.17) is 22.9 Å². The van der Waals surface area contributed by atoms with Crippen molar-refractivity contribution in [3.8, 4) is 23.0 Å². The number of amides is 16. The van der Waals surface area contributed by atoms with E-state index in [0.29, 0.717) is 125 Å². The number of nitrogens with one attached hydrogen (secondary N) is 16. The van der Waals surface area contributed by atoms with Gasteiger partial charge < -0.3 is 128 Å². The highest BCUT2D eigenvalue weighted by molar-refractivity contribution is 5.99. The normalized spacial score (nSPS) is 17.7. The fourth-order valence-electron chi connectivity index (χ4n) is 13.3. The summed E-state index contributed by atoms with van der Waals surface area (Å²) in [5.74, 6) is -10.5. The standard InChI is InChI=1S/C88H132N20O20/c1-53-77(117)100-55(3)79(119)105-68(22-12-18-44-94-74(114)24-8-6-16-46-96-84(124)70(48-58-27-35-62(110)36-28-58)108-88(128)72(50-60-31-39-64(112)40-32-60)104-76(116)52-98-82(122)66(92)20-10-14-42-90)86(126)102-56(4)80(120)106-67(85(125)101-54(2)78(118)99-53)21-11-17-43-93-73(113)23-7-5-15-45-95-83(123)69(47-57-25-33-61(109)34-26-57)107-87(127)71(49-59-29-37-63(111)38-30-59)103-75(115)51-97-81(121)65(91)19-9-13-41-89/h25-40,53-56,65-72,109-112H,5-24,41-52,89-92H2,1-4H3,(H,93,113)(H,94,114)(H,95,123)(H,96,124)(H,97,121)(H,98,122)(H,99,118)(H,100,117)(H,101,125)(H,102,126)(H,103,115)(H,104,116)(H,105,119)(H,106,120)(H,107,127)(H,108,128)/t53-,54+,55+,56+,65-,66-,67-,68-,69-,70-,71-,72-/m0/s1. The summed E-state index contributed by atoms with van der Waals surface area (Å²) in [6.45, 7) is 5.94. The first-order valence-corrected chi connectivity index (χ1v) is 43.8. The van der Waals surface area contributed by atoms with Gasteiger partial charge >= 0.3 is 0 Å². The Kier molecular flexibility index (Phi) is 48.0. The van der Waals surface area contributed by atoms with Gasteiger partial charge in [-0.1, -0.05) is 74.2 Å². The third kappa shape index (κ3) is 41.7. The Morgan fingerprint density at radius 1 is 0.305 bits per heavy atom. The monoisotopic (exact) mass is 1790 g/mol. The lowest BCUT2D eigenvalue weighted by Crippen LogP contribution is -2.60. The zero-order chi connectivity index (χ0) is 94.0. The van der Waals surface area contributed by atoms with Crippen LogP contribution in [0.25, 0.3) is 0 Å². The van der Waals surface area contributed by atoms with Crippen LogP contribution in [0.2, 0.25) is 0 Å². The lowest BCUT2D eigenvalue weighted by atomic mass is 10.0. The number of phenols is 4. The van der Waals surface area contributed by atoms with Gasteiger partial charge in [-0.2, -0.15) is 0 Å². The Morgan fingerprint density at radius 2 is 0.578 bits per heavy atom. The summed E-state index contributed by atoms with van der Waals surface area (Å²) in [6.07, 6.45) is 7.14. The molecule has 1 aliphatic rings. The maximum Gasteiger partial charge on any atom is 0.243 e. The number of nitrogens with two attached hydrogens (primary N) is 4. The highest BCUT2D eigenvalue weighted by Gasteiger charge is 2.35. The molecular weight excluding hydrogens is 1660 g/mol. The van der Waals surface area contributed by atoms with Crippen LogP contribution in [0, 0.1) is 0 Å². The van der Waals surface area contributed by atoms with E-state index in [0.717, 1.165) is 0 Å². The summed E-state index contributed by atoms with van der Waals surface area (Å²) in [4.78, 5) is 216. The Bertz CT molecular complexity index is 4050. The molecule has 1 saturated heterocycles. The van der Waals surface area contributed by atoms with Crippen molar-refractivity contribution >= 4 is 94.5 Å². The second-order valence-electron chi connectivity index (χ2n) is 32.0. The fraction of sp³-hybridized carbons (Fsp3) is 0.545. The Balaban J connectivity index is 1.09. The van der Waals surface area contributed by atoms with Gasteiger partial charge in [0.2, 0.25) is 94.5 Å². The molecule has 28 N–H and O–H groups in total. The average Bonchev–Trinajstić information content (AvgIpc) is 0.885. The van der Waals surface area contributed by atoms with Crippen molar-refractivity contribution in [3.63, 3.8) is 0 Å². The molecule has 16 amide bonds. The summed E-state index contributed by atoms with van der Waals surface area (Å²) >= 11 is 0. The third-order valence-electron chi connectivity index (χ3n) is 21.0. The summed E-state index contributed by atoms with van der Waals surface area (Å²) in [5, 5.41) is 82.3.